The Labute approximate surface area is 149 Å². The average Bonchev–Trinajstić information content (AvgIpc) is 2.77. The molecule has 0 saturated carbocycles. The standard InChI is InChI=1S/C21H28N2O2/c1-11-13(3)21(5,6)10-15-8-9-16(12(2)17(11)15)19(24)18-14(4)22-23(7)20(18)25/h8-9,11,13,22H,10H2,1-7H3. The number of nitrogens with zero attached hydrogens (tertiary/aromatic N) is 1. The van der Waals surface area contributed by atoms with Gasteiger partial charge in [-0.15, -0.1) is 0 Å². The maximum atomic E-state index is 13.1. The SMILES string of the molecule is Cc1[nH]n(C)c(=O)c1C(=O)c1ccc2c(c1C)C(C)C(C)C(C)(C)C2. The maximum absolute atomic E-state index is 13.1. The van der Waals surface area contributed by atoms with Crippen molar-refractivity contribution in [3.05, 3.63) is 56.0 Å². The number of ketones is 1. The smallest absolute Gasteiger partial charge is 0.277 e. The van der Waals surface area contributed by atoms with Crippen molar-refractivity contribution in [2.24, 2.45) is 18.4 Å². The first-order valence-electron chi connectivity index (χ1n) is 8.99. The molecule has 0 radical (unpaired) electrons. The van der Waals surface area contributed by atoms with E-state index in [-0.39, 0.29) is 22.3 Å². The van der Waals surface area contributed by atoms with Crippen LogP contribution in [0.1, 0.15) is 71.9 Å². The highest BCUT2D eigenvalue weighted by Crippen LogP contribution is 2.47. The predicted octanol–water partition coefficient (Wildman–Crippen LogP) is 3.88. The van der Waals surface area contributed by atoms with E-state index in [1.807, 2.05) is 13.0 Å². The fraction of sp³-hybridized carbons (Fsp3) is 0.524. The van der Waals surface area contributed by atoms with Gasteiger partial charge in [0.1, 0.15) is 5.56 Å². The quantitative estimate of drug-likeness (QED) is 0.844. The number of nitrogens with one attached hydrogen (secondary N) is 1. The summed E-state index contributed by atoms with van der Waals surface area (Å²) in [5.74, 6) is 0.747. The molecule has 4 nitrogen and oxygen atoms in total. The average molecular weight is 340 g/mol. The van der Waals surface area contributed by atoms with Gasteiger partial charge in [-0.1, -0.05) is 39.8 Å². The van der Waals surface area contributed by atoms with Crippen LogP contribution in [0.3, 0.4) is 0 Å². The van der Waals surface area contributed by atoms with E-state index in [0.29, 0.717) is 23.1 Å². The van der Waals surface area contributed by atoms with E-state index in [1.165, 1.54) is 15.8 Å². The molecule has 0 bridgehead atoms. The minimum Gasteiger partial charge on any atom is -0.299 e. The maximum Gasteiger partial charge on any atom is 0.277 e. The number of aromatic nitrogens is 2. The lowest BCUT2D eigenvalue weighted by molar-refractivity contribution is 0.103. The predicted molar refractivity (Wildman–Crippen MR) is 100 cm³/mol. The van der Waals surface area contributed by atoms with Crippen LogP contribution in [0.5, 0.6) is 0 Å². The molecule has 25 heavy (non-hydrogen) atoms. The van der Waals surface area contributed by atoms with Crippen LogP contribution in [-0.4, -0.2) is 15.6 Å². The van der Waals surface area contributed by atoms with Gasteiger partial charge in [0.15, 0.2) is 0 Å². The van der Waals surface area contributed by atoms with Gasteiger partial charge in [0.25, 0.3) is 5.56 Å². The zero-order valence-corrected chi connectivity index (χ0v) is 16.3. The third-order valence-electron chi connectivity index (χ3n) is 6.39. The van der Waals surface area contributed by atoms with E-state index >= 15 is 0 Å². The number of carbonyl (C=O) groups excluding carboxylic acids is 1. The first-order valence-corrected chi connectivity index (χ1v) is 8.99. The van der Waals surface area contributed by atoms with E-state index in [1.54, 1.807) is 14.0 Å². The molecule has 1 heterocycles. The number of benzene rings is 1. The number of rotatable bonds is 2. The molecule has 3 rings (SSSR count). The molecule has 0 fully saturated rings. The monoisotopic (exact) mass is 340 g/mol. The first kappa shape index (κ1) is 17.7. The van der Waals surface area contributed by atoms with Crippen LogP contribution in [0.15, 0.2) is 16.9 Å². The molecular formula is C21H28N2O2. The van der Waals surface area contributed by atoms with Gasteiger partial charge in [-0.3, -0.25) is 19.4 Å². The Hall–Kier alpha value is -2.10. The van der Waals surface area contributed by atoms with Crippen LogP contribution in [0.25, 0.3) is 0 Å². The topological polar surface area (TPSA) is 54.9 Å². The highest BCUT2D eigenvalue weighted by Gasteiger charge is 2.38. The summed E-state index contributed by atoms with van der Waals surface area (Å²) in [6.07, 6.45) is 1.02. The van der Waals surface area contributed by atoms with Gasteiger partial charge in [0, 0.05) is 18.3 Å². The van der Waals surface area contributed by atoms with Crippen molar-refractivity contribution < 1.29 is 4.79 Å². The van der Waals surface area contributed by atoms with E-state index < -0.39 is 0 Å². The molecule has 0 amide bonds. The first-order chi connectivity index (χ1) is 11.6. The lowest BCUT2D eigenvalue weighted by atomic mass is 9.62. The second kappa shape index (κ2) is 5.72. The number of H-pyrrole nitrogens is 1. The largest absolute Gasteiger partial charge is 0.299 e. The van der Waals surface area contributed by atoms with Crippen molar-refractivity contribution in [2.75, 3.05) is 0 Å². The lowest BCUT2D eigenvalue weighted by Gasteiger charge is -2.43. The summed E-state index contributed by atoms with van der Waals surface area (Å²) >= 11 is 0. The number of fused-ring (bicyclic) bond motifs is 1. The van der Waals surface area contributed by atoms with Crippen molar-refractivity contribution in [3.63, 3.8) is 0 Å². The minimum absolute atomic E-state index is 0.177. The van der Waals surface area contributed by atoms with Gasteiger partial charge < -0.3 is 0 Å². The van der Waals surface area contributed by atoms with Crippen molar-refractivity contribution in [2.45, 2.75) is 53.9 Å². The fourth-order valence-corrected chi connectivity index (χ4v) is 4.49. The molecule has 2 unspecified atom stereocenters. The summed E-state index contributed by atoms with van der Waals surface area (Å²) < 4.78 is 1.36. The molecule has 0 saturated heterocycles. The summed E-state index contributed by atoms with van der Waals surface area (Å²) in [5.41, 5.74) is 5.17. The molecule has 1 aromatic heterocycles. The third-order valence-corrected chi connectivity index (χ3v) is 6.39. The Bertz CT molecular complexity index is 915. The van der Waals surface area contributed by atoms with Crippen molar-refractivity contribution in [1.82, 2.24) is 9.78 Å². The number of carbonyl (C=O) groups is 1. The Kier molecular flexibility index (Phi) is 4.05. The van der Waals surface area contributed by atoms with E-state index in [4.69, 9.17) is 0 Å². The van der Waals surface area contributed by atoms with Crippen molar-refractivity contribution in [1.29, 1.82) is 0 Å². The summed E-state index contributed by atoms with van der Waals surface area (Å²) in [6.45, 7) is 13.0. The molecule has 1 aliphatic rings. The second-order valence-electron chi connectivity index (χ2n) is 8.36. The highest BCUT2D eigenvalue weighted by atomic mass is 16.2. The normalized spacial score (nSPS) is 21.9. The van der Waals surface area contributed by atoms with Crippen LogP contribution in [0, 0.1) is 25.2 Å². The Morgan fingerprint density at radius 1 is 1.24 bits per heavy atom. The van der Waals surface area contributed by atoms with Gasteiger partial charge in [-0.2, -0.15) is 0 Å². The van der Waals surface area contributed by atoms with Gasteiger partial charge in [-0.25, -0.2) is 0 Å². The summed E-state index contributed by atoms with van der Waals surface area (Å²) in [5, 5.41) is 2.92. The zero-order valence-electron chi connectivity index (χ0n) is 16.3. The van der Waals surface area contributed by atoms with Crippen LogP contribution < -0.4 is 5.56 Å². The molecule has 1 aliphatic carbocycles. The molecule has 2 aromatic rings. The number of aryl methyl sites for hydroxylation is 2. The molecular weight excluding hydrogens is 312 g/mol. The van der Waals surface area contributed by atoms with Crippen LogP contribution in [0.4, 0.5) is 0 Å². The van der Waals surface area contributed by atoms with Crippen LogP contribution in [-0.2, 0) is 13.5 Å². The molecule has 2 atom stereocenters. The van der Waals surface area contributed by atoms with Gasteiger partial charge in [0.2, 0.25) is 5.78 Å². The lowest BCUT2D eigenvalue weighted by Crippen LogP contribution is -2.34. The van der Waals surface area contributed by atoms with E-state index in [9.17, 15) is 9.59 Å². The summed E-state index contributed by atoms with van der Waals surface area (Å²) in [6, 6.07) is 3.99. The molecule has 0 aliphatic heterocycles. The van der Waals surface area contributed by atoms with Gasteiger partial charge in [-0.05, 0) is 54.2 Å². The summed E-state index contributed by atoms with van der Waals surface area (Å²) in [4.78, 5) is 25.4. The Morgan fingerprint density at radius 3 is 2.44 bits per heavy atom. The zero-order chi connectivity index (χ0) is 18.7. The van der Waals surface area contributed by atoms with E-state index in [2.05, 4.69) is 38.9 Å². The highest BCUT2D eigenvalue weighted by molar-refractivity contribution is 6.10. The Morgan fingerprint density at radius 2 is 1.88 bits per heavy atom. The molecule has 1 N–H and O–H groups in total. The Balaban J connectivity index is 2.15. The second-order valence-corrected chi connectivity index (χ2v) is 8.36. The van der Waals surface area contributed by atoms with Gasteiger partial charge >= 0.3 is 0 Å². The minimum atomic E-state index is -0.262. The fourth-order valence-electron chi connectivity index (χ4n) is 4.49. The number of hydrogen-bond donors (Lipinski definition) is 1. The third kappa shape index (κ3) is 2.59. The molecule has 4 heteroatoms. The van der Waals surface area contributed by atoms with E-state index in [0.717, 1.165) is 12.0 Å². The van der Waals surface area contributed by atoms with Crippen molar-refractivity contribution >= 4 is 5.78 Å². The number of hydrogen-bond acceptors (Lipinski definition) is 2. The molecule has 1 aromatic carbocycles. The molecule has 134 valence electrons. The van der Waals surface area contributed by atoms with Gasteiger partial charge in [0.05, 0.1) is 0 Å². The number of aromatic amines is 1. The van der Waals surface area contributed by atoms with Crippen LogP contribution in [0.2, 0.25) is 0 Å². The summed E-state index contributed by atoms with van der Waals surface area (Å²) in [7, 11) is 1.64. The van der Waals surface area contributed by atoms with Crippen molar-refractivity contribution in [3.8, 4) is 0 Å². The molecule has 0 spiro atoms. The van der Waals surface area contributed by atoms with Crippen LogP contribution >= 0.6 is 0 Å².